The fourth-order valence-electron chi connectivity index (χ4n) is 3.22. The number of benzene rings is 1. The summed E-state index contributed by atoms with van der Waals surface area (Å²) in [5.74, 6) is 0.0915. The minimum absolute atomic E-state index is 0.0466. The minimum atomic E-state index is -0.771. The summed E-state index contributed by atoms with van der Waals surface area (Å²) in [5.41, 5.74) is 9.18. The first kappa shape index (κ1) is 18.8. The molecule has 0 saturated carbocycles. The van der Waals surface area contributed by atoms with E-state index in [1.165, 1.54) is 11.5 Å². The van der Waals surface area contributed by atoms with E-state index in [9.17, 15) is 15.0 Å². The summed E-state index contributed by atoms with van der Waals surface area (Å²) in [6, 6.07) is 4.92. The number of nitrogen functional groups attached to an aromatic ring is 1. The van der Waals surface area contributed by atoms with Crippen molar-refractivity contribution in [2.75, 3.05) is 12.8 Å². The molecule has 0 aliphatic carbocycles. The third kappa shape index (κ3) is 3.49. The number of hydrogen-bond donors (Lipinski definition) is 4. The molecule has 0 amide bonds. The number of allylic oxidation sites excluding steroid dienone is 1. The molecule has 8 heteroatoms. The molecule has 0 fully saturated rings. The summed E-state index contributed by atoms with van der Waals surface area (Å²) in [6.45, 7) is 3.00. The number of imidazole rings is 1. The average molecular weight is 369 g/mol. The van der Waals surface area contributed by atoms with Crippen LogP contribution in [-0.2, 0) is 11.3 Å². The van der Waals surface area contributed by atoms with Crippen LogP contribution in [0.25, 0.3) is 11.6 Å². The van der Waals surface area contributed by atoms with Gasteiger partial charge in [0.25, 0.3) is 0 Å². The van der Waals surface area contributed by atoms with Gasteiger partial charge in [-0.3, -0.25) is 14.4 Å². The minimum Gasteiger partial charge on any atom is -0.493 e. The molecule has 1 aromatic carbocycles. The third-order valence-electron chi connectivity index (χ3n) is 4.45. The number of likely N-dealkylation sites (N-methyl/N-ethyl adjacent to an activating group) is 1. The first-order chi connectivity index (χ1) is 12.8. The van der Waals surface area contributed by atoms with Crippen LogP contribution in [0.15, 0.2) is 23.2 Å². The molecular formula is C19H23N5O3. The van der Waals surface area contributed by atoms with Crippen molar-refractivity contribution in [3.63, 3.8) is 0 Å². The molecule has 1 aliphatic rings. The van der Waals surface area contributed by atoms with Crippen LogP contribution in [0.3, 0.4) is 0 Å². The van der Waals surface area contributed by atoms with Crippen LogP contribution < -0.4 is 11.1 Å². The van der Waals surface area contributed by atoms with Gasteiger partial charge in [0.15, 0.2) is 0 Å². The molecule has 8 nitrogen and oxygen atoms in total. The molecule has 2 atom stereocenters. The van der Waals surface area contributed by atoms with E-state index >= 15 is 0 Å². The standard InChI is InChI=1S/C19H23N5O3/c1-10(25)9-24-18(17(21-3)11(2)26)23-15(19(24)27)7-12-8-22-14-6-4-5-13(20)16(12)14/h4-8,11,17,21,26-27H,9,20H2,1-3H3/b12-7+. The number of rotatable bonds is 6. The summed E-state index contributed by atoms with van der Waals surface area (Å²) in [7, 11) is 1.68. The number of carbonyl (C=O) groups excluding carboxylic acids is 1. The molecule has 0 saturated heterocycles. The van der Waals surface area contributed by atoms with Crippen LogP contribution >= 0.6 is 0 Å². The summed E-state index contributed by atoms with van der Waals surface area (Å²) in [4.78, 5) is 20.5. The van der Waals surface area contributed by atoms with Gasteiger partial charge in [0.1, 0.15) is 17.3 Å². The topological polar surface area (TPSA) is 126 Å². The van der Waals surface area contributed by atoms with Crippen molar-refractivity contribution in [3.05, 3.63) is 35.3 Å². The molecule has 0 radical (unpaired) electrons. The van der Waals surface area contributed by atoms with Crippen molar-refractivity contribution in [1.29, 1.82) is 0 Å². The SMILES string of the molecule is CNC(c1nc(/C=C2\C=Nc3cccc(N)c32)c(O)n1CC(C)=O)C(C)O. The number of anilines is 1. The molecule has 3 rings (SSSR count). The largest absolute Gasteiger partial charge is 0.493 e. The Bertz CT molecular complexity index is 943. The Hall–Kier alpha value is -2.97. The molecule has 0 bridgehead atoms. The Balaban J connectivity index is 2.12. The maximum Gasteiger partial charge on any atom is 0.219 e. The number of nitrogens with one attached hydrogen (secondary N) is 1. The van der Waals surface area contributed by atoms with Crippen molar-refractivity contribution >= 4 is 35.0 Å². The van der Waals surface area contributed by atoms with E-state index in [1.807, 2.05) is 12.1 Å². The molecule has 1 aromatic heterocycles. The lowest BCUT2D eigenvalue weighted by molar-refractivity contribution is -0.117. The molecule has 2 unspecified atom stereocenters. The number of hydrogen-bond acceptors (Lipinski definition) is 7. The van der Waals surface area contributed by atoms with Crippen molar-refractivity contribution < 1.29 is 15.0 Å². The summed E-state index contributed by atoms with van der Waals surface area (Å²) in [5, 5.41) is 23.7. The van der Waals surface area contributed by atoms with Gasteiger partial charge in [0.2, 0.25) is 5.88 Å². The molecule has 142 valence electrons. The van der Waals surface area contributed by atoms with Crippen LogP contribution in [0, 0.1) is 0 Å². The quantitative estimate of drug-likeness (QED) is 0.574. The van der Waals surface area contributed by atoms with Gasteiger partial charge < -0.3 is 21.3 Å². The van der Waals surface area contributed by atoms with Crippen LogP contribution in [-0.4, -0.2) is 44.9 Å². The maximum absolute atomic E-state index is 11.7. The number of aliphatic hydroxyl groups is 1. The van der Waals surface area contributed by atoms with Crippen LogP contribution in [0.5, 0.6) is 5.88 Å². The van der Waals surface area contributed by atoms with E-state index < -0.39 is 12.1 Å². The summed E-state index contributed by atoms with van der Waals surface area (Å²) < 4.78 is 1.41. The number of aromatic nitrogens is 2. The smallest absolute Gasteiger partial charge is 0.219 e. The molecule has 2 heterocycles. The van der Waals surface area contributed by atoms with E-state index in [0.717, 1.165) is 16.8 Å². The van der Waals surface area contributed by atoms with Gasteiger partial charge in [-0.2, -0.15) is 0 Å². The van der Waals surface area contributed by atoms with Crippen molar-refractivity contribution in [1.82, 2.24) is 14.9 Å². The zero-order valence-corrected chi connectivity index (χ0v) is 15.5. The number of aromatic hydroxyl groups is 1. The van der Waals surface area contributed by atoms with E-state index in [-0.39, 0.29) is 23.9 Å². The molecular weight excluding hydrogens is 346 g/mol. The highest BCUT2D eigenvalue weighted by Gasteiger charge is 2.26. The van der Waals surface area contributed by atoms with Crippen LogP contribution in [0.4, 0.5) is 11.4 Å². The number of nitrogens with two attached hydrogens (primary N) is 1. The number of carbonyl (C=O) groups is 1. The van der Waals surface area contributed by atoms with Gasteiger partial charge in [-0.15, -0.1) is 0 Å². The Labute approximate surface area is 157 Å². The number of aliphatic imine (C=N–C) groups is 1. The van der Waals surface area contributed by atoms with Gasteiger partial charge in [-0.1, -0.05) is 6.07 Å². The van der Waals surface area contributed by atoms with Crippen molar-refractivity contribution in [2.45, 2.75) is 32.5 Å². The lowest BCUT2D eigenvalue weighted by Gasteiger charge is -2.19. The van der Waals surface area contributed by atoms with Crippen LogP contribution in [0.1, 0.15) is 37.0 Å². The van der Waals surface area contributed by atoms with E-state index in [0.29, 0.717) is 11.5 Å². The molecule has 1 aliphatic heterocycles. The van der Waals surface area contributed by atoms with Gasteiger partial charge >= 0.3 is 0 Å². The van der Waals surface area contributed by atoms with E-state index in [4.69, 9.17) is 5.73 Å². The van der Waals surface area contributed by atoms with Gasteiger partial charge in [-0.05, 0) is 39.1 Å². The first-order valence-corrected chi connectivity index (χ1v) is 8.62. The van der Waals surface area contributed by atoms with Crippen LogP contribution in [0.2, 0.25) is 0 Å². The van der Waals surface area contributed by atoms with E-state index in [2.05, 4.69) is 15.3 Å². The Morgan fingerprint density at radius 3 is 2.81 bits per heavy atom. The average Bonchev–Trinajstić information content (AvgIpc) is 3.13. The summed E-state index contributed by atoms with van der Waals surface area (Å²) >= 11 is 0. The highest BCUT2D eigenvalue weighted by Crippen LogP contribution is 2.38. The molecule has 27 heavy (non-hydrogen) atoms. The van der Waals surface area contributed by atoms with E-state index in [1.54, 1.807) is 32.3 Å². The summed E-state index contributed by atoms with van der Waals surface area (Å²) in [6.07, 6.45) is 2.57. The predicted octanol–water partition coefficient (Wildman–Crippen LogP) is 1.66. The highest BCUT2D eigenvalue weighted by atomic mass is 16.3. The predicted molar refractivity (Wildman–Crippen MR) is 105 cm³/mol. The third-order valence-corrected chi connectivity index (χ3v) is 4.45. The second-order valence-corrected chi connectivity index (χ2v) is 6.57. The van der Waals surface area contributed by atoms with Crippen molar-refractivity contribution in [2.24, 2.45) is 4.99 Å². The zero-order chi connectivity index (χ0) is 19.7. The molecule has 5 N–H and O–H groups in total. The lowest BCUT2D eigenvalue weighted by Crippen LogP contribution is -2.30. The highest BCUT2D eigenvalue weighted by molar-refractivity contribution is 6.23. The van der Waals surface area contributed by atoms with Gasteiger partial charge in [-0.25, -0.2) is 4.98 Å². The van der Waals surface area contributed by atoms with Gasteiger partial charge in [0, 0.05) is 23.0 Å². The van der Waals surface area contributed by atoms with Crippen molar-refractivity contribution in [3.8, 4) is 5.88 Å². The first-order valence-electron chi connectivity index (χ1n) is 8.62. The number of fused-ring (bicyclic) bond motifs is 1. The molecule has 0 spiro atoms. The molecule has 2 aromatic rings. The van der Waals surface area contributed by atoms with Gasteiger partial charge in [0.05, 0.1) is 24.4 Å². The zero-order valence-electron chi connectivity index (χ0n) is 15.5. The Morgan fingerprint density at radius 1 is 1.44 bits per heavy atom. The maximum atomic E-state index is 11.7. The number of nitrogens with zero attached hydrogens (tertiary/aromatic N) is 3. The second-order valence-electron chi connectivity index (χ2n) is 6.57. The fourth-order valence-corrected chi connectivity index (χ4v) is 3.22. The number of ketones is 1. The fraction of sp³-hybridized carbons (Fsp3) is 0.316. The number of aliphatic hydroxyl groups excluding tert-OH is 1. The Morgan fingerprint density at radius 2 is 2.19 bits per heavy atom. The second kappa shape index (κ2) is 7.34. The Kier molecular flexibility index (Phi) is 5.11. The monoisotopic (exact) mass is 369 g/mol. The normalized spacial score (nSPS) is 16.5. The number of Topliss-reactive ketones (excluding diaryl/α,β-unsaturated/α-hetero) is 1. The lowest BCUT2D eigenvalue weighted by atomic mass is 10.0.